The normalized spacial score (nSPS) is 26.6. The van der Waals surface area contributed by atoms with Crippen LogP contribution < -0.4 is 5.32 Å². The van der Waals surface area contributed by atoms with E-state index in [-0.39, 0.29) is 17.6 Å². The summed E-state index contributed by atoms with van der Waals surface area (Å²) in [6, 6.07) is 10.5. The summed E-state index contributed by atoms with van der Waals surface area (Å²) in [6.45, 7) is 0.647. The molecule has 2 aliphatic rings. The number of ether oxygens (including phenoxy) is 1. The average Bonchev–Trinajstić information content (AvgIpc) is 2.99. The molecule has 1 saturated heterocycles. The van der Waals surface area contributed by atoms with Crippen LogP contribution in [-0.2, 0) is 10.2 Å². The van der Waals surface area contributed by atoms with Crippen molar-refractivity contribution >= 4 is 6.09 Å². The van der Waals surface area contributed by atoms with E-state index in [4.69, 9.17) is 4.74 Å². The first-order valence-electron chi connectivity index (χ1n) is 6.31. The minimum Gasteiger partial charge on any atom is -0.443 e. The highest BCUT2D eigenvalue weighted by atomic mass is 16.6. The molecule has 0 spiro atoms. The molecule has 2 fully saturated rings. The maximum Gasteiger partial charge on any atom is 0.407 e. The standard InChI is InChI=1S/C14H17NO2/c16-13-15-10-12(17-13)14(8-4-5-9-14)11-6-2-1-3-7-11/h1-3,6-7,12H,4-5,8-10H2,(H,15,16). The van der Waals surface area contributed by atoms with Crippen LogP contribution in [0.4, 0.5) is 4.79 Å². The second kappa shape index (κ2) is 4.06. The van der Waals surface area contributed by atoms with E-state index >= 15 is 0 Å². The van der Waals surface area contributed by atoms with Crippen LogP contribution in [0.3, 0.4) is 0 Å². The Labute approximate surface area is 101 Å². The van der Waals surface area contributed by atoms with Crippen molar-refractivity contribution in [1.29, 1.82) is 0 Å². The van der Waals surface area contributed by atoms with Crippen molar-refractivity contribution < 1.29 is 9.53 Å². The van der Waals surface area contributed by atoms with E-state index in [9.17, 15) is 4.79 Å². The lowest BCUT2D eigenvalue weighted by atomic mass is 9.74. The number of rotatable bonds is 2. The number of alkyl carbamates (subject to hydrolysis) is 1. The largest absolute Gasteiger partial charge is 0.443 e. The van der Waals surface area contributed by atoms with Gasteiger partial charge in [-0.15, -0.1) is 0 Å². The molecule has 3 rings (SSSR count). The van der Waals surface area contributed by atoms with Crippen molar-refractivity contribution in [3.05, 3.63) is 35.9 Å². The highest BCUT2D eigenvalue weighted by Crippen LogP contribution is 2.45. The summed E-state index contributed by atoms with van der Waals surface area (Å²) in [4.78, 5) is 11.3. The Bertz CT molecular complexity index is 409. The van der Waals surface area contributed by atoms with Gasteiger partial charge in [-0.3, -0.25) is 0 Å². The Kier molecular flexibility index (Phi) is 2.54. The fourth-order valence-electron chi connectivity index (χ4n) is 3.27. The molecule has 1 N–H and O–H groups in total. The molecule has 1 aliphatic heterocycles. The van der Waals surface area contributed by atoms with Crippen molar-refractivity contribution in [2.75, 3.05) is 6.54 Å². The van der Waals surface area contributed by atoms with Crippen LogP contribution >= 0.6 is 0 Å². The molecule has 3 nitrogen and oxygen atoms in total. The molecule has 1 amide bonds. The molecule has 1 atom stereocenters. The van der Waals surface area contributed by atoms with Crippen molar-refractivity contribution in [2.24, 2.45) is 0 Å². The first kappa shape index (κ1) is 10.6. The predicted molar refractivity (Wildman–Crippen MR) is 64.9 cm³/mol. The average molecular weight is 231 g/mol. The Morgan fingerprint density at radius 3 is 2.47 bits per heavy atom. The zero-order valence-electron chi connectivity index (χ0n) is 9.82. The number of benzene rings is 1. The van der Waals surface area contributed by atoms with Crippen LogP contribution in [0.2, 0.25) is 0 Å². The van der Waals surface area contributed by atoms with Gasteiger partial charge in [-0.25, -0.2) is 4.79 Å². The summed E-state index contributed by atoms with van der Waals surface area (Å²) in [5.74, 6) is 0. The SMILES string of the molecule is O=C1NCC(C2(c3ccccc3)CCCC2)O1. The van der Waals surface area contributed by atoms with Gasteiger partial charge in [0.15, 0.2) is 0 Å². The molecule has 0 radical (unpaired) electrons. The Morgan fingerprint density at radius 2 is 1.88 bits per heavy atom. The van der Waals surface area contributed by atoms with Gasteiger partial charge in [0, 0.05) is 5.41 Å². The van der Waals surface area contributed by atoms with Crippen LogP contribution in [0.1, 0.15) is 31.2 Å². The lowest BCUT2D eigenvalue weighted by Gasteiger charge is -2.33. The highest BCUT2D eigenvalue weighted by molar-refractivity contribution is 5.69. The van der Waals surface area contributed by atoms with Crippen molar-refractivity contribution in [1.82, 2.24) is 5.32 Å². The second-order valence-corrected chi connectivity index (χ2v) is 5.00. The van der Waals surface area contributed by atoms with Gasteiger partial charge >= 0.3 is 6.09 Å². The first-order valence-corrected chi connectivity index (χ1v) is 6.31. The summed E-state index contributed by atoms with van der Waals surface area (Å²) in [6.07, 6.45) is 4.43. The van der Waals surface area contributed by atoms with E-state index in [1.807, 2.05) is 6.07 Å². The molecule has 90 valence electrons. The van der Waals surface area contributed by atoms with E-state index < -0.39 is 0 Å². The zero-order chi connectivity index (χ0) is 11.7. The van der Waals surface area contributed by atoms with E-state index in [2.05, 4.69) is 29.6 Å². The van der Waals surface area contributed by atoms with Crippen LogP contribution in [0, 0.1) is 0 Å². The van der Waals surface area contributed by atoms with Gasteiger partial charge in [-0.1, -0.05) is 43.2 Å². The third-order valence-corrected chi connectivity index (χ3v) is 4.14. The highest BCUT2D eigenvalue weighted by Gasteiger charge is 2.47. The fraction of sp³-hybridized carbons (Fsp3) is 0.500. The third kappa shape index (κ3) is 1.70. The first-order chi connectivity index (χ1) is 8.31. The van der Waals surface area contributed by atoms with Gasteiger partial charge in [0.25, 0.3) is 0 Å². The molecule has 17 heavy (non-hydrogen) atoms. The van der Waals surface area contributed by atoms with Crippen LogP contribution in [0.5, 0.6) is 0 Å². The number of carbonyl (C=O) groups excluding carboxylic acids is 1. The summed E-state index contributed by atoms with van der Waals surface area (Å²) in [5, 5.41) is 2.78. The smallest absolute Gasteiger partial charge is 0.407 e. The number of amides is 1. The molecule has 1 aromatic rings. The fourth-order valence-corrected chi connectivity index (χ4v) is 3.27. The molecule has 1 aromatic carbocycles. The summed E-state index contributed by atoms with van der Waals surface area (Å²) < 4.78 is 5.45. The molecule has 1 heterocycles. The topological polar surface area (TPSA) is 38.3 Å². The van der Waals surface area contributed by atoms with E-state index in [1.54, 1.807) is 0 Å². The molecule has 0 bridgehead atoms. The molecule has 1 saturated carbocycles. The lowest BCUT2D eigenvalue weighted by molar-refractivity contribution is 0.0871. The van der Waals surface area contributed by atoms with Gasteiger partial charge < -0.3 is 10.1 Å². The minimum atomic E-state index is -0.266. The molecule has 1 unspecified atom stereocenters. The van der Waals surface area contributed by atoms with Gasteiger partial charge in [0.1, 0.15) is 6.10 Å². The summed E-state index contributed by atoms with van der Waals surface area (Å²) >= 11 is 0. The monoisotopic (exact) mass is 231 g/mol. The van der Waals surface area contributed by atoms with E-state index in [0.29, 0.717) is 6.54 Å². The van der Waals surface area contributed by atoms with E-state index in [0.717, 1.165) is 12.8 Å². The Hall–Kier alpha value is -1.51. The van der Waals surface area contributed by atoms with Crippen LogP contribution in [-0.4, -0.2) is 18.7 Å². The maximum absolute atomic E-state index is 11.3. The molecule has 0 aromatic heterocycles. The van der Waals surface area contributed by atoms with Gasteiger partial charge in [-0.2, -0.15) is 0 Å². The quantitative estimate of drug-likeness (QED) is 0.849. The number of nitrogens with one attached hydrogen (secondary N) is 1. The molecular weight excluding hydrogens is 214 g/mol. The zero-order valence-corrected chi connectivity index (χ0v) is 9.82. The van der Waals surface area contributed by atoms with Gasteiger partial charge in [-0.05, 0) is 18.4 Å². The molecular formula is C14H17NO2. The Morgan fingerprint density at radius 1 is 1.18 bits per heavy atom. The number of hydrogen-bond donors (Lipinski definition) is 1. The minimum absolute atomic E-state index is 0.0000926. The summed E-state index contributed by atoms with van der Waals surface area (Å²) in [5.41, 5.74) is 1.36. The Balaban J connectivity index is 1.96. The third-order valence-electron chi connectivity index (χ3n) is 4.14. The predicted octanol–water partition coefficient (Wildman–Crippen LogP) is 2.61. The van der Waals surface area contributed by atoms with Gasteiger partial charge in [0.2, 0.25) is 0 Å². The number of cyclic esters (lactones) is 1. The second-order valence-electron chi connectivity index (χ2n) is 5.00. The number of hydrogen-bond acceptors (Lipinski definition) is 2. The molecule has 1 aliphatic carbocycles. The maximum atomic E-state index is 11.3. The van der Waals surface area contributed by atoms with Crippen molar-refractivity contribution in [3.63, 3.8) is 0 Å². The van der Waals surface area contributed by atoms with Gasteiger partial charge in [0.05, 0.1) is 6.54 Å². The summed E-state index contributed by atoms with van der Waals surface area (Å²) in [7, 11) is 0. The molecule has 3 heteroatoms. The van der Waals surface area contributed by atoms with Crippen LogP contribution in [0.25, 0.3) is 0 Å². The van der Waals surface area contributed by atoms with E-state index in [1.165, 1.54) is 18.4 Å². The van der Waals surface area contributed by atoms with Crippen molar-refractivity contribution in [3.8, 4) is 0 Å². The van der Waals surface area contributed by atoms with Crippen molar-refractivity contribution in [2.45, 2.75) is 37.2 Å². The number of carbonyl (C=O) groups is 1. The lowest BCUT2D eigenvalue weighted by Crippen LogP contribution is -2.39. The van der Waals surface area contributed by atoms with Crippen LogP contribution in [0.15, 0.2) is 30.3 Å².